The summed E-state index contributed by atoms with van der Waals surface area (Å²) in [5.41, 5.74) is 6.78. The molecule has 0 fully saturated rings. The van der Waals surface area contributed by atoms with Gasteiger partial charge < -0.3 is 14.9 Å². The van der Waals surface area contributed by atoms with Crippen molar-refractivity contribution in [3.8, 4) is 5.75 Å². The fourth-order valence-corrected chi connectivity index (χ4v) is 1.42. The van der Waals surface area contributed by atoms with Crippen LogP contribution in [0.5, 0.6) is 5.75 Å². The second kappa shape index (κ2) is 7.55. The molecule has 0 spiro atoms. The van der Waals surface area contributed by atoms with E-state index in [0.717, 1.165) is 11.4 Å². The maximum atomic E-state index is 11.6. The van der Waals surface area contributed by atoms with E-state index in [2.05, 4.69) is 10.9 Å². The van der Waals surface area contributed by atoms with Crippen molar-refractivity contribution in [3.05, 3.63) is 24.3 Å². The molecule has 0 saturated carbocycles. The van der Waals surface area contributed by atoms with E-state index < -0.39 is 0 Å². The summed E-state index contributed by atoms with van der Waals surface area (Å²) in [6, 6.07) is 7.06. The van der Waals surface area contributed by atoms with Gasteiger partial charge in [0.15, 0.2) is 0 Å². The van der Waals surface area contributed by atoms with Crippen LogP contribution in [0.1, 0.15) is 20.3 Å². The molecule has 1 rings (SSSR count). The average Bonchev–Trinajstić information content (AvgIpc) is 2.40. The zero-order valence-corrected chi connectivity index (χ0v) is 11.0. The molecule has 0 aliphatic heterocycles. The molecule has 0 amide bonds. The summed E-state index contributed by atoms with van der Waals surface area (Å²) in [5, 5.41) is 0. The average molecular weight is 252 g/mol. The van der Waals surface area contributed by atoms with Crippen molar-refractivity contribution >= 4 is 11.7 Å². The molecular formula is C13H20N2O3. The molecule has 1 aromatic rings. The second-order valence-electron chi connectivity index (χ2n) is 3.71. The van der Waals surface area contributed by atoms with Crippen molar-refractivity contribution in [2.45, 2.75) is 26.3 Å². The highest BCUT2D eigenvalue weighted by Crippen LogP contribution is 2.14. The Morgan fingerprint density at radius 2 is 1.94 bits per heavy atom. The van der Waals surface area contributed by atoms with Crippen LogP contribution in [0.3, 0.4) is 0 Å². The van der Waals surface area contributed by atoms with Gasteiger partial charge in [-0.2, -0.15) is 0 Å². The first-order chi connectivity index (χ1) is 8.71. The Kier molecular flexibility index (Phi) is 6.00. The number of rotatable bonds is 7. The molecule has 0 radical (unpaired) electrons. The Labute approximate surface area is 107 Å². The number of benzene rings is 1. The quantitative estimate of drug-likeness (QED) is 0.574. The van der Waals surface area contributed by atoms with Gasteiger partial charge in [0.2, 0.25) is 0 Å². The minimum absolute atomic E-state index is 0.249. The van der Waals surface area contributed by atoms with Gasteiger partial charge >= 0.3 is 5.97 Å². The zero-order chi connectivity index (χ0) is 13.4. The molecule has 5 heteroatoms. The highest BCUT2D eigenvalue weighted by molar-refractivity contribution is 5.75. The minimum atomic E-state index is -0.355. The van der Waals surface area contributed by atoms with E-state index in [-0.39, 0.29) is 12.0 Å². The maximum Gasteiger partial charge on any atom is 0.324 e. The number of carbonyl (C=O) groups excluding carboxylic acids is 1. The first kappa shape index (κ1) is 14.3. The van der Waals surface area contributed by atoms with E-state index >= 15 is 0 Å². The monoisotopic (exact) mass is 252 g/mol. The summed E-state index contributed by atoms with van der Waals surface area (Å²) in [6.07, 6.45) is 0.655. The smallest absolute Gasteiger partial charge is 0.324 e. The Hall–Kier alpha value is -1.75. The standard InChI is InChI=1S/C13H20N2O3/c1-4-12(13(16)18-5-2)15-14-10-6-8-11(17-3)9-7-10/h6-9,12,14-15H,4-5H2,1-3H3. The lowest BCUT2D eigenvalue weighted by Gasteiger charge is -2.17. The lowest BCUT2D eigenvalue weighted by Crippen LogP contribution is -2.41. The summed E-state index contributed by atoms with van der Waals surface area (Å²) in [5.74, 6) is 0.541. The number of hydrazine groups is 1. The highest BCUT2D eigenvalue weighted by Gasteiger charge is 2.16. The Morgan fingerprint density at radius 1 is 1.28 bits per heavy atom. The van der Waals surface area contributed by atoms with Crippen LogP contribution in [0, 0.1) is 0 Å². The fourth-order valence-electron chi connectivity index (χ4n) is 1.42. The third-order valence-corrected chi connectivity index (χ3v) is 2.46. The number of esters is 1. The number of anilines is 1. The third-order valence-electron chi connectivity index (χ3n) is 2.46. The Bertz CT molecular complexity index is 365. The fraction of sp³-hybridized carbons (Fsp3) is 0.462. The van der Waals surface area contributed by atoms with Crippen molar-refractivity contribution < 1.29 is 14.3 Å². The SMILES string of the molecule is CCOC(=O)C(CC)NNc1ccc(OC)cc1. The topological polar surface area (TPSA) is 59.6 Å². The van der Waals surface area contributed by atoms with Crippen LogP contribution in [0.25, 0.3) is 0 Å². The van der Waals surface area contributed by atoms with Gasteiger partial charge in [-0.25, -0.2) is 5.43 Å². The number of ether oxygens (including phenoxy) is 2. The first-order valence-corrected chi connectivity index (χ1v) is 6.03. The predicted molar refractivity (Wildman–Crippen MR) is 70.5 cm³/mol. The van der Waals surface area contributed by atoms with Crippen LogP contribution in [-0.2, 0) is 9.53 Å². The molecule has 18 heavy (non-hydrogen) atoms. The van der Waals surface area contributed by atoms with Gasteiger partial charge in [0, 0.05) is 5.69 Å². The normalized spacial score (nSPS) is 11.7. The van der Waals surface area contributed by atoms with Crippen molar-refractivity contribution in [1.29, 1.82) is 0 Å². The molecule has 1 unspecified atom stereocenters. The van der Waals surface area contributed by atoms with E-state index in [4.69, 9.17) is 9.47 Å². The predicted octanol–water partition coefficient (Wildman–Crippen LogP) is 1.95. The van der Waals surface area contributed by atoms with E-state index in [1.807, 2.05) is 31.2 Å². The van der Waals surface area contributed by atoms with Gasteiger partial charge in [-0.15, -0.1) is 0 Å². The molecule has 5 nitrogen and oxygen atoms in total. The summed E-state index contributed by atoms with van der Waals surface area (Å²) in [4.78, 5) is 11.6. The van der Waals surface area contributed by atoms with Crippen molar-refractivity contribution in [1.82, 2.24) is 5.43 Å². The van der Waals surface area contributed by atoms with Gasteiger partial charge in [0.25, 0.3) is 0 Å². The maximum absolute atomic E-state index is 11.6. The summed E-state index contributed by atoms with van der Waals surface area (Å²) < 4.78 is 10.0. The van der Waals surface area contributed by atoms with Crippen LogP contribution in [0.4, 0.5) is 5.69 Å². The summed E-state index contributed by atoms with van der Waals surface area (Å²) in [6.45, 7) is 4.10. The molecule has 0 aromatic heterocycles. The van der Waals surface area contributed by atoms with Crippen LogP contribution in [0.2, 0.25) is 0 Å². The van der Waals surface area contributed by atoms with Crippen LogP contribution >= 0.6 is 0 Å². The lowest BCUT2D eigenvalue weighted by atomic mass is 10.2. The van der Waals surface area contributed by atoms with E-state index in [1.165, 1.54) is 0 Å². The molecule has 0 aliphatic carbocycles. The summed E-state index contributed by atoms with van der Waals surface area (Å²) in [7, 11) is 1.62. The van der Waals surface area contributed by atoms with Gasteiger partial charge in [0.1, 0.15) is 11.8 Å². The Morgan fingerprint density at radius 3 is 2.44 bits per heavy atom. The van der Waals surface area contributed by atoms with Gasteiger partial charge in [-0.1, -0.05) is 6.92 Å². The van der Waals surface area contributed by atoms with E-state index in [1.54, 1.807) is 14.0 Å². The lowest BCUT2D eigenvalue weighted by molar-refractivity contribution is -0.145. The number of carbonyl (C=O) groups is 1. The van der Waals surface area contributed by atoms with Crippen molar-refractivity contribution in [2.75, 3.05) is 19.1 Å². The molecular weight excluding hydrogens is 232 g/mol. The second-order valence-corrected chi connectivity index (χ2v) is 3.71. The van der Waals surface area contributed by atoms with Crippen LogP contribution in [0.15, 0.2) is 24.3 Å². The molecule has 2 N–H and O–H groups in total. The van der Waals surface area contributed by atoms with Gasteiger partial charge in [-0.3, -0.25) is 4.79 Å². The number of methoxy groups -OCH3 is 1. The molecule has 0 aliphatic rings. The molecule has 0 saturated heterocycles. The van der Waals surface area contributed by atoms with E-state index in [9.17, 15) is 4.79 Å². The first-order valence-electron chi connectivity index (χ1n) is 6.03. The largest absolute Gasteiger partial charge is 0.497 e. The van der Waals surface area contributed by atoms with Crippen LogP contribution in [-0.4, -0.2) is 25.7 Å². The molecule has 1 atom stereocenters. The molecule has 0 bridgehead atoms. The zero-order valence-electron chi connectivity index (χ0n) is 11.0. The van der Waals surface area contributed by atoms with Crippen molar-refractivity contribution in [2.24, 2.45) is 0 Å². The number of hydrogen-bond acceptors (Lipinski definition) is 5. The molecule has 0 heterocycles. The number of hydrogen-bond donors (Lipinski definition) is 2. The Balaban J connectivity index is 2.48. The number of nitrogens with one attached hydrogen (secondary N) is 2. The van der Waals surface area contributed by atoms with Crippen molar-refractivity contribution in [3.63, 3.8) is 0 Å². The van der Waals surface area contributed by atoms with E-state index in [0.29, 0.717) is 13.0 Å². The highest BCUT2D eigenvalue weighted by atomic mass is 16.5. The van der Waals surface area contributed by atoms with Gasteiger partial charge in [-0.05, 0) is 37.6 Å². The van der Waals surface area contributed by atoms with Crippen LogP contribution < -0.4 is 15.6 Å². The molecule has 1 aromatic carbocycles. The minimum Gasteiger partial charge on any atom is -0.497 e. The molecule has 100 valence electrons. The van der Waals surface area contributed by atoms with Gasteiger partial charge in [0.05, 0.1) is 13.7 Å². The third kappa shape index (κ3) is 4.25. The summed E-state index contributed by atoms with van der Waals surface area (Å²) >= 11 is 0.